The Morgan fingerprint density at radius 2 is 2.11 bits per heavy atom. The molecule has 0 radical (unpaired) electrons. The van der Waals surface area contributed by atoms with Gasteiger partial charge in [-0.2, -0.15) is 0 Å². The molecule has 0 atom stereocenters. The number of carbonyl (C=O) groups is 1. The van der Waals surface area contributed by atoms with E-state index in [2.05, 4.69) is 5.16 Å². The molecule has 5 nitrogen and oxygen atoms in total. The lowest BCUT2D eigenvalue weighted by Gasteiger charge is -2.31. The molecular formula is C13H20N2O3. The van der Waals surface area contributed by atoms with Crippen LogP contribution in [0.1, 0.15) is 41.6 Å². The Bertz CT molecular complexity index is 400. The lowest BCUT2D eigenvalue weighted by atomic mass is 10.1. The Labute approximate surface area is 107 Å². The molecule has 0 aromatic carbocycles. The molecule has 1 aromatic rings. The summed E-state index contributed by atoms with van der Waals surface area (Å²) in [7, 11) is 0. The van der Waals surface area contributed by atoms with E-state index in [9.17, 15) is 4.79 Å². The van der Waals surface area contributed by atoms with E-state index in [1.807, 2.05) is 11.8 Å². The van der Waals surface area contributed by atoms with Gasteiger partial charge in [-0.05, 0) is 33.6 Å². The zero-order valence-corrected chi connectivity index (χ0v) is 11.2. The maximum atomic E-state index is 12.4. The number of hydrogen-bond acceptors (Lipinski definition) is 4. The van der Waals surface area contributed by atoms with E-state index in [-0.39, 0.29) is 5.91 Å². The number of hydrogen-bond donors (Lipinski definition) is 0. The number of aryl methyl sites for hydroxylation is 2. The van der Waals surface area contributed by atoms with Gasteiger partial charge in [0, 0.05) is 19.7 Å². The van der Waals surface area contributed by atoms with E-state index in [4.69, 9.17) is 9.26 Å². The fraction of sp³-hybridized carbons (Fsp3) is 0.692. The fourth-order valence-corrected chi connectivity index (χ4v) is 2.41. The fourth-order valence-electron chi connectivity index (χ4n) is 2.41. The van der Waals surface area contributed by atoms with Gasteiger partial charge in [0.15, 0.2) is 0 Å². The molecule has 0 aliphatic carbocycles. The molecule has 5 heteroatoms. The van der Waals surface area contributed by atoms with Crippen LogP contribution in [0.3, 0.4) is 0 Å². The van der Waals surface area contributed by atoms with Gasteiger partial charge in [-0.3, -0.25) is 4.79 Å². The minimum Gasteiger partial charge on any atom is -0.378 e. The predicted molar refractivity (Wildman–Crippen MR) is 66.5 cm³/mol. The predicted octanol–water partition coefficient (Wildman–Crippen LogP) is 1.93. The van der Waals surface area contributed by atoms with Gasteiger partial charge in [0.1, 0.15) is 11.3 Å². The quantitative estimate of drug-likeness (QED) is 0.825. The number of amides is 1. The topological polar surface area (TPSA) is 55.6 Å². The Morgan fingerprint density at radius 1 is 1.44 bits per heavy atom. The third-order valence-corrected chi connectivity index (χ3v) is 3.38. The highest BCUT2D eigenvalue weighted by Crippen LogP contribution is 2.19. The molecule has 1 amide bonds. The monoisotopic (exact) mass is 252 g/mol. The van der Waals surface area contributed by atoms with Crippen LogP contribution in [0.25, 0.3) is 0 Å². The maximum absolute atomic E-state index is 12.4. The molecule has 0 spiro atoms. The molecule has 2 rings (SSSR count). The Hall–Kier alpha value is -1.36. The minimum atomic E-state index is 0.0289. The first-order valence-corrected chi connectivity index (χ1v) is 6.47. The van der Waals surface area contributed by atoms with Crippen LogP contribution < -0.4 is 0 Å². The number of piperidine rings is 1. The maximum Gasteiger partial charge on any atom is 0.259 e. The highest BCUT2D eigenvalue weighted by molar-refractivity contribution is 5.96. The third-order valence-electron chi connectivity index (χ3n) is 3.38. The van der Waals surface area contributed by atoms with Crippen molar-refractivity contribution in [2.45, 2.75) is 39.7 Å². The Kier molecular flexibility index (Phi) is 4.01. The van der Waals surface area contributed by atoms with Crippen LogP contribution in [0, 0.1) is 13.8 Å². The summed E-state index contributed by atoms with van der Waals surface area (Å²) in [5.74, 6) is 0.630. The SMILES string of the molecule is CCOC1CCN(C(=O)c2c(C)noc2C)CC1. The number of likely N-dealkylation sites (tertiary alicyclic amines) is 1. The molecule has 0 unspecified atom stereocenters. The van der Waals surface area contributed by atoms with E-state index in [1.165, 1.54) is 0 Å². The molecule has 1 aliphatic heterocycles. The number of carbonyl (C=O) groups excluding carboxylic acids is 1. The third kappa shape index (κ3) is 2.56. The summed E-state index contributed by atoms with van der Waals surface area (Å²) in [6.07, 6.45) is 2.11. The molecule has 100 valence electrons. The van der Waals surface area contributed by atoms with Crippen molar-refractivity contribution in [1.82, 2.24) is 10.1 Å². The van der Waals surface area contributed by atoms with Crippen molar-refractivity contribution in [2.24, 2.45) is 0 Å². The smallest absolute Gasteiger partial charge is 0.259 e. The van der Waals surface area contributed by atoms with Crippen molar-refractivity contribution < 1.29 is 14.1 Å². The summed E-state index contributed by atoms with van der Waals surface area (Å²) >= 11 is 0. The van der Waals surface area contributed by atoms with Crippen molar-refractivity contribution >= 4 is 5.91 Å². The molecule has 1 fully saturated rings. The van der Waals surface area contributed by atoms with Crippen LogP contribution in [0.2, 0.25) is 0 Å². The number of aromatic nitrogens is 1. The van der Waals surface area contributed by atoms with Gasteiger partial charge in [0.05, 0.1) is 11.8 Å². The Morgan fingerprint density at radius 3 is 2.61 bits per heavy atom. The van der Waals surface area contributed by atoms with E-state index < -0.39 is 0 Å². The van der Waals surface area contributed by atoms with Crippen molar-refractivity contribution in [3.8, 4) is 0 Å². The first kappa shape index (κ1) is 13.1. The van der Waals surface area contributed by atoms with Crippen LogP contribution in [-0.2, 0) is 4.74 Å². The van der Waals surface area contributed by atoms with Crippen molar-refractivity contribution in [3.63, 3.8) is 0 Å². The second-order valence-electron chi connectivity index (χ2n) is 4.65. The lowest BCUT2D eigenvalue weighted by molar-refractivity contribution is 0.0145. The Balaban J connectivity index is 2.00. The summed E-state index contributed by atoms with van der Waals surface area (Å²) in [5, 5.41) is 3.83. The van der Waals surface area contributed by atoms with Gasteiger partial charge in [0.25, 0.3) is 5.91 Å². The second-order valence-corrected chi connectivity index (χ2v) is 4.65. The number of rotatable bonds is 3. The molecule has 2 heterocycles. The summed E-state index contributed by atoms with van der Waals surface area (Å²) in [6, 6.07) is 0. The summed E-state index contributed by atoms with van der Waals surface area (Å²) < 4.78 is 10.6. The molecule has 1 saturated heterocycles. The standard InChI is InChI=1S/C13H20N2O3/c1-4-17-11-5-7-15(8-6-11)13(16)12-9(2)14-18-10(12)3/h11H,4-8H2,1-3H3. The van der Waals surface area contributed by atoms with Gasteiger partial charge >= 0.3 is 0 Å². The number of nitrogens with zero attached hydrogens (tertiary/aromatic N) is 2. The highest BCUT2D eigenvalue weighted by atomic mass is 16.5. The van der Waals surface area contributed by atoms with E-state index >= 15 is 0 Å². The van der Waals surface area contributed by atoms with E-state index in [0.717, 1.165) is 32.5 Å². The first-order chi connectivity index (χ1) is 8.63. The van der Waals surface area contributed by atoms with Crippen LogP contribution in [0.4, 0.5) is 0 Å². The summed E-state index contributed by atoms with van der Waals surface area (Å²) in [5.41, 5.74) is 1.29. The van der Waals surface area contributed by atoms with Crippen LogP contribution >= 0.6 is 0 Å². The zero-order valence-electron chi connectivity index (χ0n) is 11.2. The number of ether oxygens (including phenoxy) is 1. The minimum absolute atomic E-state index is 0.0289. The molecule has 18 heavy (non-hydrogen) atoms. The molecule has 0 N–H and O–H groups in total. The van der Waals surface area contributed by atoms with Crippen molar-refractivity contribution in [1.29, 1.82) is 0 Å². The largest absolute Gasteiger partial charge is 0.378 e. The molecule has 1 aromatic heterocycles. The van der Waals surface area contributed by atoms with Gasteiger partial charge in [-0.25, -0.2) is 0 Å². The average molecular weight is 252 g/mol. The highest BCUT2D eigenvalue weighted by Gasteiger charge is 2.27. The molecular weight excluding hydrogens is 232 g/mol. The first-order valence-electron chi connectivity index (χ1n) is 6.47. The van der Waals surface area contributed by atoms with Gasteiger partial charge in [0.2, 0.25) is 0 Å². The van der Waals surface area contributed by atoms with Gasteiger partial charge in [-0.15, -0.1) is 0 Å². The zero-order chi connectivity index (χ0) is 13.1. The average Bonchev–Trinajstić information content (AvgIpc) is 2.70. The van der Waals surface area contributed by atoms with Gasteiger partial charge < -0.3 is 14.2 Å². The summed E-state index contributed by atoms with van der Waals surface area (Å²) in [4.78, 5) is 14.2. The van der Waals surface area contributed by atoms with Crippen LogP contribution in [0.15, 0.2) is 4.52 Å². The van der Waals surface area contributed by atoms with E-state index in [1.54, 1.807) is 13.8 Å². The lowest BCUT2D eigenvalue weighted by Crippen LogP contribution is -2.41. The molecule has 0 bridgehead atoms. The van der Waals surface area contributed by atoms with Gasteiger partial charge in [-0.1, -0.05) is 5.16 Å². The molecule has 1 aliphatic rings. The van der Waals surface area contributed by atoms with E-state index in [0.29, 0.717) is 23.1 Å². The van der Waals surface area contributed by atoms with Crippen LogP contribution in [0.5, 0.6) is 0 Å². The molecule has 0 saturated carbocycles. The van der Waals surface area contributed by atoms with Crippen molar-refractivity contribution in [2.75, 3.05) is 19.7 Å². The normalized spacial score (nSPS) is 17.2. The van der Waals surface area contributed by atoms with Crippen LogP contribution in [-0.4, -0.2) is 41.8 Å². The van der Waals surface area contributed by atoms with Crippen molar-refractivity contribution in [3.05, 3.63) is 17.0 Å². The second kappa shape index (κ2) is 5.52. The summed E-state index contributed by atoms with van der Waals surface area (Å²) in [6.45, 7) is 7.81.